The van der Waals surface area contributed by atoms with Gasteiger partial charge in [0.05, 0.1) is 6.61 Å². The van der Waals surface area contributed by atoms with Gasteiger partial charge in [-0.1, -0.05) is 12.2 Å². The fraction of sp³-hybridized carbons (Fsp3) is 0.375. The van der Waals surface area contributed by atoms with Crippen molar-refractivity contribution in [2.45, 2.75) is 13.5 Å². The smallest absolute Gasteiger partial charge is 0.142 e. The molecule has 3 nitrogen and oxygen atoms in total. The highest BCUT2D eigenvalue weighted by atomic mass is 32.1. The molecule has 0 amide bonds. The van der Waals surface area contributed by atoms with E-state index in [1.165, 1.54) is 6.20 Å². The van der Waals surface area contributed by atoms with Crippen LogP contribution in [-0.4, -0.2) is 16.5 Å². The van der Waals surface area contributed by atoms with E-state index in [-0.39, 0.29) is 0 Å². The van der Waals surface area contributed by atoms with Crippen molar-refractivity contribution in [3.63, 3.8) is 0 Å². The maximum absolute atomic E-state index is 9.04. The molecule has 0 atom stereocenters. The van der Waals surface area contributed by atoms with Crippen LogP contribution < -0.4 is 0 Å². The molecule has 1 rings (SSSR count). The molecule has 0 spiro atoms. The van der Waals surface area contributed by atoms with Gasteiger partial charge >= 0.3 is 0 Å². The van der Waals surface area contributed by atoms with Crippen molar-refractivity contribution in [1.82, 2.24) is 4.73 Å². The summed E-state index contributed by atoms with van der Waals surface area (Å²) in [4.78, 5) is 0. The third-order valence-corrected chi connectivity index (χ3v) is 1.74. The van der Waals surface area contributed by atoms with Crippen LogP contribution in [0.25, 0.3) is 0 Å². The van der Waals surface area contributed by atoms with Crippen molar-refractivity contribution >= 4 is 12.2 Å². The van der Waals surface area contributed by atoms with Crippen LogP contribution in [-0.2, 0) is 11.3 Å². The Morgan fingerprint density at radius 1 is 1.67 bits per heavy atom. The van der Waals surface area contributed by atoms with Crippen LogP contribution >= 0.6 is 12.2 Å². The van der Waals surface area contributed by atoms with E-state index in [0.29, 0.717) is 17.9 Å². The van der Waals surface area contributed by atoms with Crippen molar-refractivity contribution in [1.29, 1.82) is 0 Å². The minimum Gasteiger partial charge on any atom is -0.428 e. The highest BCUT2D eigenvalue weighted by Crippen LogP contribution is 2.01. The molecule has 0 aliphatic rings. The van der Waals surface area contributed by atoms with Gasteiger partial charge in [0.25, 0.3) is 0 Å². The van der Waals surface area contributed by atoms with Gasteiger partial charge in [0.15, 0.2) is 0 Å². The first kappa shape index (κ1) is 9.22. The number of ether oxygens (including phenoxy) is 1. The van der Waals surface area contributed by atoms with Crippen LogP contribution in [0.2, 0.25) is 0 Å². The molecule has 0 aromatic carbocycles. The van der Waals surface area contributed by atoms with Gasteiger partial charge in [-0.3, -0.25) is 0 Å². The highest BCUT2D eigenvalue weighted by Gasteiger charge is 1.93. The summed E-state index contributed by atoms with van der Waals surface area (Å²) in [6.07, 6.45) is 1.51. The molecular formula is C8H11NO2S. The first-order valence-corrected chi connectivity index (χ1v) is 4.13. The maximum atomic E-state index is 9.04. The molecule has 0 radical (unpaired) electrons. The second-order valence-corrected chi connectivity index (χ2v) is 2.77. The molecule has 1 heterocycles. The Morgan fingerprint density at radius 2 is 2.42 bits per heavy atom. The van der Waals surface area contributed by atoms with E-state index in [4.69, 9.17) is 22.2 Å². The predicted molar refractivity (Wildman–Crippen MR) is 47.8 cm³/mol. The van der Waals surface area contributed by atoms with Crippen LogP contribution in [0.4, 0.5) is 0 Å². The summed E-state index contributed by atoms with van der Waals surface area (Å²) in [6, 6.07) is 3.48. The number of hydrogen-bond donors (Lipinski definition) is 1. The molecule has 66 valence electrons. The Kier molecular flexibility index (Phi) is 3.25. The molecule has 0 fully saturated rings. The molecule has 1 N–H and O–H groups in total. The fourth-order valence-corrected chi connectivity index (χ4v) is 1.03. The number of nitrogens with zero attached hydrogens (tertiary/aromatic N) is 1. The second-order valence-electron chi connectivity index (χ2n) is 2.35. The molecule has 0 unspecified atom stereocenters. The first-order valence-electron chi connectivity index (χ1n) is 3.72. The van der Waals surface area contributed by atoms with Gasteiger partial charge in [0, 0.05) is 12.8 Å². The van der Waals surface area contributed by atoms with Crippen LogP contribution in [0.1, 0.15) is 12.5 Å². The Balaban J connectivity index is 2.76. The van der Waals surface area contributed by atoms with Gasteiger partial charge < -0.3 is 9.94 Å². The topological polar surface area (TPSA) is 34.4 Å². The third-order valence-electron chi connectivity index (χ3n) is 1.44. The summed E-state index contributed by atoms with van der Waals surface area (Å²) in [5.74, 6) is 0. The lowest BCUT2D eigenvalue weighted by Gasteiger charge is -2.02. The van der Waals surface area contributed by atoms with E-state index in [0.717, 1.165) is 10.3 Å². The number of aromatic nitrogens is 1. The molecule has 0 bridgehead atoms. The van der Waals surface area contributed by atoms with Gasteiger partial charge in [0.2, 0.25) is 0 Å². The first-order chi connectivity index (χ1) is 5.74. The minimum atomic E-state index is 0.396. The van der Waals surface area contributed by atoms with Crippen LogP contribution in [0.5, 0.6) is 0 Å². The van der Waals surface area contributed by atoms with Crippen LogP contribution in [0.3, 0.4) is 0 Å². The summed E-state index contributed by atoms with van der Waals surface area (Å²) in [6.45, 7) is 3.16. The normalized spacial score (nSPS) is 10.1. The van der Waals surface area contributed by atoms with E-state index < -0.39 is 0 Å². The number of hydrogen-bond acceptors (Lipinski definition) is 3. The molecule has 0 aliphatic heterocycles. The van der Waals surface area contributed by atoms with Crippen LogP contribution in [0, 0.1) is 4.64 Å². The second kappa shape index (κ2) is 4.23. The van der Waals surface area contributed by atoms with Crippen molar-refractivity contribution in [3.05, 3.63) is 28.5 Å². The largest absolute Gasteiger partial charge is 0.428 e. The van der Waals surface area contributed by atoms with Gasteiger partial charge in [-0.2, -0.15) is 4.73 Å². The molecule has 4 heteroatoms. The maximum Gasteiger partial charge on any atom is 0.142 e. The van der Waals surface area contributed by atoms with E-state index in [2.05, 4.69) is 0 Å². The minimum absolute atomic E-state index is 0.396. The van der Waals surface area contributed by atoms with Crippen molar-refractivity contribution in [3.8, 4) is 0 Å². The number of rotatable bonds is 3. The zero-order chi connectivity index (χ0) is 8.97. The molecule has 12 heavy (non-hydrogen) atoms. The van der Waals surface area contributed by atoms with E-state index in [1.807, 2.05) is 6.92 Å². The fourth-order valence-electron chi connectivity index (χ4n) is 0.822. The van der Waals surface area contributed by atoms with Crippen molar-refractivity contribution in [2.24, 2.45) is 0 Å². The molecule has 0 aliphatic carbocycles. The van der Waals surface area contributed by atoms with E-state index in [1.54, 1.807) is 12.1 Å². The summed E-state index contributed by atoms with van der Waals surface area (Å²) < 4.78 is 6.48. The van der Waals surface area contributed by atoms with Gasteiger partial charge in [-0.05, 0) is 24.6 Å². The molecule has 0 saturated carbocycles. The summed E-state index contributed by atoms with van der Waals surface area (Å²) in [5, 5.41) is 9.04. The lowest BCUT2D eigenvalue weighted by atomic mass is 10.3. The van der Waals surface area contributed by atoms with Gasteiger partial charge in [-0.15, -0.1) is 0 Å². The van der Waals surface area contributed by atoms with Crippen molar-refractivity contribution < 1.29 is 9.94 Å². The SMILES string of the molecule is CCOCc1ccn(O)c(=S)c1. The Bertz CT molecular complexity index is 308. The zero-order valence-electron chi connectivity index (χ0n) is 6.86. The molecular weight excluding hydrogens is 174 g/mol. The third kappa shape index (κ3) is 2.32. The molecule has 1 aromatic rings. The zero-order valence-corrected chi connectivity index (χ0v) is 7.67. The van der Waals surface area contributed by atoms with Gasteiger partial charge in [-0.25, -0.2) is 0 Å². The Morgan fingerprint density at radius 3 is 3.00 bits per heavy atom. The Labute approximate surface area is 76.2 Å². The lowest BCUT2D eigenvalue weighted by Crippen LogP contribution is -1.97. The highest BCUT2D eigenvalue weighted by molar-refractivity contribution is 7.71. The average molecular weight is 185 g/mol. The lowest BCUT2D eigenvalue weighted by molar-refractivity contribution is 0.132. The van der Waals surface area contributed by atoms with Crippen molar-refractivity contribution in [2.75, 3.05) is 6.61 Å². The number of pyridine rings is 1. The summed E-state index contributed by atoms with van der Waals surface area (Å²) in [7, 11) is 0. The van der Waals surface area contributed by atoms with Gasteiger partial charge in [0.1, 0.15) is 4.64 Å². The summed E-state index contributed by atoms with van der Waals surface area (Å²) >= 11 is 4.85. The van der Waals surface area contributed by atoms with Crippen LogP contribution in [0.15, 0.2) is 18.3 Å². The molecule has 1 aromatic heterocycles. The average Bonchev–Trinajstić information content (AvgIpc) is 2.07. The monoisotopic (exact) mass is 185 g/mol. The molecule has 0 saturated heterocycles. The Hall–Kier alpha value is -0.870. The predicted octanol–water partition coefficient (Wildman–Crippen LogP) is 1.99. The standard InChI is InChI=1S/C8H11NO2S/c1-2-11-6-7-3-4-9(10)8(12)5-7/h3-5,10H,2,6H2,1H3. The van der Waals surface area contributed by atoms with E-state index in [9.17, 15) is 0 Å². The summed E-state index contributed by atoms with van der Waals surface area (Å²) in [5.41, 5.74) is 0.979. The van der Waals surface area contributed by atoms with E-state index >= 15 is 0 Å². The quantitative estimate of drug-likeness (QED) is 0.577.